The van der Waals surface area contributed by atoms with E-state index in [0.29, 0.717) is 19.7 Å². The van der Waals surface area contributed by atoms with Crippen LogP contribution in [0.3, 0.4) is 0 Å². The Labute approximate surface area is 126 Å². The first kappa shape index (κ1) is 14.9. The van der Waals surface area contributed by atoms with Gasteiger partial charge in [0.25, 0.3) is 0 Å². The Kier molecular flexibility index (Phi) is 5.30. The molecule has 5 heteroatoms. The van der Waals surface area contributed by atoms with Crippen LogP contribution in [0.5, 0.6) is 0 Å². The molecule has 1 aromatic rings. The number of amides is 1. The molecule has 0 N–H and O–H groups in total. The second kappa shape index (κ2) is 6.77. The third-order valence-corrected chi connectivity index (χ3v) is 4.66. The van der Waals surface area contributed by atoms with Gasteiger partial charge in [-0.25, -0.2) is 0 Å². The average molecular weight is 344 g/mol. The molecule has 0 saturated carbocycles. The minimum atomic E-state index is -0.0634. The van der Waals surface area contributed by atoms with Gasteiger partial charge >= 0.3 is 0 Å². The van der Waals surface area contributed by atoms with Crippen LogP contribution in [-0.2, 0) is 9.53 Å². The zero-order valence-corrected chi connectivity index (χ0v) is 13.5. The number of nitrogens with zero attached hydrogens (tertiary/aromatic N) is 1. The van der Waals surface area contributed by atoms with E-state index in [2.05, 4.69) is 15.9 Å². The maximum absolute atomic E-state index is 12.4. The molecular formula is C14H18BrNO2S. The van der Waals surface area contributed by atoms with Crippen LogP contribution in [0.2, 0.25) is 0 Å². The minimum Gasteiger partial charge on any atom is -0.375 e. The number of carbonyl (C=O) groups excluding carboxylic acids is 1. The molecular weight excluding hydrogens is 326 g/mol. The number of hydrogen-bond acceptors (Lipinski definition) is 3. The van der Waals surface area contributed by atoms with Crippen molar-refractivity contribution in [3.63, 3.8) is 0 Å². The first-order valence-corrected chi connectivity index (χ1v) is 8.06. The third-order valence-electron chi connectivity index (χ3n) is 3.03. The van der Waals surface area contributed by atoms with Crippen molar-refractivity contribution >= 4 is 33.6 Å². The van der Waals surface area contributed by atoms with E-state index in [9.17, 15) is 4.79 Å². The van der Waals surface area contributed by atoms with Crippen molar-refractivity contribution in [2.45, 2.75) is 30.1 Å². The molecule has 2 rings (SSSR count). The van der Waals surface area contributed by atoms with Crippen LogP contribution in [0.25, 0.3) is 0 Å². The van der Waals surface area contributed by atoms with Crippen LogP contribution >= 0.6 is 27.7 Å². The van der Waals surface area contributed by atoms with Crippen LogP contribution < -0.4 is 0 Å². The van der Waals surface area contributed by atoms with Crippen LogP contribution in [-0.4, -0.2) is 41.9 Å². The van der Waals surface area contributed by atoms with Crippen LogP contribution in [0.15, 0.2) is 33.6 Å². The van der Waals surface area contributed by atoms with Crippen molar-refractivity contribution in [2.75, 3.05) is 19.7 Å². The number of carbonyl (C=O) groups is 1. The van der Waals surface area contributed by atoms with E-state index >= 15 is 0 Å². The molecule has 1 aliphatic rings. The number of halogens is 1. The molecule has 2 atom stereocenters. The Balaban J connectivity index is 1.93. The van der Waals surface area contributed by atoms with E-state index in [0.717, 1.165) is 9.37 Å². The normalized spacial score (nSPS) is 21.2. The highest BCUT2D eigenvalue weighted by Gasteiger charge is 2.25. The zero-order chi connectivity index (χ0) is 13.8. The summed E-state index contributed by atoms with van der Waals surface area (Å²) in [5, 5.41) is -0.0634. The van der Waals surface area contributed by atoms with Gasteiger partial charge < -0.3 is 9.64 Å². The van der Waals surface area contributed by atoms with Gasteiger partial charge in [-0.1, -0.05) is 15.9 Å². The highest BCUT2D eigenvalue weighted by molar-refractivity contribution is 9.10. The summed E-state index contributed by atoms with van der Waals surface area (Å²) in [6.45, 7) is 6.02. The van der Waals surface area contributed by atoms with Gasteiger partial charge in [0.15, 0.2) is 0 Å². The van der Waals surface area contributed by atoms with Crippen LogP contribution in [0.4, 0.5) is 0 Å². The molecule has 19 heavy (non-hydrogen) atoms. The standard InChI is InChI=1S/C14H18BrNO2S/c1-10-9-16(7-8-18-10)14(17)11(2)19-13-5-3-12(15)4-6-13/h3-6,10-11H,7-9H2,1-2H3. The monoisotopic (exact) mass is 343 g/mol. The molecule has 0 radical (unpaired) electrons. The van der Waals surface area contributed by atoms with Gasteiger partial charge in [0.05, 0.1) is 18.0 Å². The zero-order valence-electron chi connectivity index (χ0n) is 11.1. The van der Waals surface area contributed by atoms with E-state index in [1.807, 2.05) is 43.0 Å². The minimum absolute atomic E-state index is 0.0634. The predicted molar refractivity (Wildman–Crippen MR) is 81.5 cm³/mol. The first-order valence-electron chi connectivity index (χ1n) is 6.39. The van der Waals surface area contributed by atoms with Gasteiger partial charge in [-0.15, -0.1) is 11.8 Å². The van der Waals surface area contributed by atoms with Crippen molar-refractivity contribution in [3.05, 3.63) is 28.7 Å². The lowest BCUT2D eigenvalue weighted by Crippen LogP contribution is -2.47. The maximum Gasteiger partial charge on any atom is 0.235 e. The smallest absolute Gasteiger partial charge is 0.235 e. The van der Waals surface area contributed by atoms with Gasteiger partial charge in [-0.2, -0.15) is 0 Å². The van der Waals surface area contributed by atoms with Crippen molar-refractivity contribution in [1.29, 1.82) is 0 Å². The maximum atomic E-state index is 12.4. The van der Waals surface area contributed by atoms with E-state index in [4.69, 9.17) is 4.74 Å². The number of rotatable bonds is 3. The molecule has 1 heterocycles. The molecule has 0 aliphatic carbocycles. The fourth-order valence-corrected chi connectivity index (χ4v) is 3.26. The molecule has 0 aromatic heterocycles. The highest BCUT2D eigenvalue weighted by atomic mass is 79.9. The molecule has 1 aromatic carbocycles. The summed E-state index contributed by atoms with van der Waals surface area (Å²) in [7, 11) is 0. The summed E-state index contributed by atoms with van der Waals surface area (Å²) >= 11 is 5.01. The SMILES string of the molecule is CC1CN(C(=O)C(C)Sc2ccc(Br)cc2)CCO1. The lowest BCUT2D eigenvalue weighted by molar-refractivity contribution is -0.137. The fourth-order valence-electron chi connectivity index (χ4n) is 2.04. The quantitative estimate of drug-likeness (QED) is 0.789. The summed E-state index contributed by atoms with van der Waals surface area (Å²) in [5.41, 5.74) is 0. The van der Waals surface area contributed by atoms with E-state index in [-0.39, 0.29) is 17.3 Å². The lowest BCUT2D eigenvalue weighted by Gasteiger charge is -2.32. The molecule has 1 saturated heterocycles. The average Bonchev–Trinajstić information content (AvgIpc) is 2.40. The number of ether oxygens (including phenoxy) is 1. The van der Waals surface area contributed by atoms with Gasteiger partial charge in [-0.3, -0.25) is 4.79 Å². The second-order valence-electron chi connectivity index (χ2n) is 4.68. The number of benzene rings is 1. The third kappa shape index (κ3) is 4.23. The van der Waals surface area contributed by atoms with Crippen molar-refractivity contribution < 1.29 is 9.53 Å². The van der Waals surface area contributed by atoms with E-state index < -0.39 is 0 Å². The summed E-state index contributed by atoms with van der Waals surface area (Å²) < 4.78 is 6.52. The largest absolute Gasteiger partial charge is 0.375 e. The van der Waals surface area contributed by atoms with Gasteiger partial charge in [-0.05, 0) is 38.1 Å². The van der Waals surface area contributed by atoms with Crippen molar-refractivity contribution in [2.24, 2.45) is 0 Å². The second-order valence-corrected chi connectivity index (χ2v) is 7.01. The number of hydrogen-bond donors (Lipinski definition) is 0. The molecule has 0 bridgehead atoms. The summed E-state index contributed by atoms with van der Waals surface area (Å²) in [6, 6.07) is 8.05. The van der Waals surface area contributed by atoms with Gasteiger partial charge in [0.2, 0.25) is 5.91 Å². The Morgan fingerprint density at radius 3 is 2.79 bits per heavy atom. The number of morpholine rings is 1. The van der Waals surface area contributed by atoms with Crippen LogP contribution in [0, 0.1) is 0 Å². The topological polar surface area (TPSA) is 29.5 Å². The molecule has 3 nitrogen and oxygen atoms in total. The Hall–Kier alpha value is -0.520. The summed E-state index contributed by atoms with van der Waals surface area (Å²) in [6.07, 6.45) is 0.141. The van der Waals surface area contributed by atoms with Crippen molar-refractivity contribution in [1.82, 2.24) is 4.90 Å². The molecule has 0 spiro atoms. The predicted octanol–water partition coefficient (Wildman–Crippen LogP) is 3.18. The molecule has 1 aliphatic heterocycles. The Bertz CT molecular complexity index is 438. The molecule has 2 unspecified atom stereocenters. The highest BCUT2D eigenvalue weighted by Crippen LogP contribution is 2.26. The fraction of sp³-hybridized carbons (Fsp3) is 0.500. The number of thioether (sulfide) groups is 1. The molecule has 1 amide bonds. The van der Waals surface area contributed by atoms with Crippen molar-refractivity contribution in [3.8, 4) is 0 Å². The summed E-state index contributed by atoms with van der Waals surface area (Å²) in [5.74, 6) is 0.197. The van der Waals surface area contributed by atoms with Gasteiger partial charge in [0, 0.05) is 22.5 Å². The lowest BCUT2D eigenvalue weighted by atomic mass is 10.3. The van der Waals surface area contributed by atoms with Crippen LogP contribution in [0.1, 0.15) is 13.8 Å². The van der Waals surface area contributed by atoms with E-state index in [1.54, 1.807) is 11.8 Å². The van der Waals surface area contributed by atoms with E-state index in [1.165, 1.54) is 0 Å². The Morgan fingerprint density at radius 1 is 1.47 bits per heavy atom. The van der Waals surface area contributed by atoms with Gasteiger partial charge in [0.1, 0.15) is 0 Å². The molecule has 1 fully saturated rings. The molecule has 104 valence electrons. The summed E-state index contributed by atoms with van der Waals surface area (Å²) in [4.78, 5) is 15.4. The first-order chi connectivity index (χ1) is 9.06. The Morgan fingerprint density at radius 2 is 2.16 bits per heavy atom.